The van der Waals surface area contributed by atoms with Crippen molar-refractivity contribution in [2.24, 2.45) is 0 Å². The van der Waals surface area contributed by atoms with Gasteiger partial charge in [-0.25, -0.2) is 0 Å². The van der Waals surface area contributed by atoms with E-state index in [1.54, 1.807) is 47.9 Å². The molecule has 0 spiro atoms. The van der Waals surface area contributed by atoms with Gasteiger partial charge in [0.25, 0.3) is 11.8 Å². The second-order valence-electron chi connectivity index (χ2n) is 10.8. The van der Waals surface area contributed by atoms with E-state index in [1.807, 2.05) is 36.4 Å². The first kappa shape index (κ1) is 31.0. The zero-order valence-corrected chi connectivity index (χ0v) is 26.0. The number of carbonyl (C=O) groups is 2. The molecule has 46 heavy (non-hydrogen) atoms. The van der Waals surface area contributed by atoms with E-state index in [-0.39, 0.29) is 23.8 Å². The van der Waals surface area contributed by atoms with E-state index in [4.69, 9.17) is 9.47 Å². The van der Waals surface area contributed by atoms with Crippen LogP contribution >= 0.6 is 11.9 Å². The van der Waals surface area contributed by atoms with Crippen LogP contribution in [-0.2, 0) is 10.5 Å². The summed E-state index contributed by atoms with van der Waals surface area (Å²) in [6.45, 7) is 2.90. The average Bonchev–Trinajstić information content (AvgIpc) is 3.12. The number of nitrogens with one attached hydrogen (secondary N) is 1. The normalized spacial score (nSPS) is 16.2. The third-order valence-corrected chi connectivity index (χ3v) is 8.28. The topological polar surface area (TPSA) is 123 Å². The number of pyridine rings is 2. The highest BCUT2D eigenvalue weighted by Crippen LogP contribution is 2.20. The second-order valence-corrected chi connectivity index (χ2v) is 11.6. The molecule has 3 aromatic heterocycles. The lowest BCUT2D eigenvalue weighted by Gasteiger charge is -2.35. The Hall–Kier alpha value is -4.99. The molecule has 0 aliphatic carbocycles. The summed E-state index contributed by atoms with van der Waals surface area (Å²) in [4.78, 5) is 38.1. The zero-order valence-electron chi connectivity index (χ0n) is 25.2. The van der Waals surface area contributed by atoms with Gasteiger partial charge in [0.1, 0.15) is 5.75 Å². The van der Waals surface area contributed by atoms with Gasteiger partial charge in [0.2, 0.25) is 0 Å². The van der Waals surface area contributed by atoms with Gasteiger partial charge in [-0.2, -0.15) is 0 Å². The highest BCUT2D eigenvalue weighted by atomic mass is 32.2. The summed E-state index contributed by atoms with van der Waals surface area (Å²) in [7, 11) is 0. The van der Waals surface area contributed by atoms with Crippen LogP contribution in [0.5, 0.6) is 5.75 Å². The molecule has 1 unspecified atom stereocenters. The number of amides is 2. The van der Waals surface area contributed by atoms with Crippen molar-refractivity contribution in [3.05, 3.63) is 107 Å². The minimum atomic E-state index is -0.292. The summed E-state index contributed by atoms with van der Waals surface area (Å²) < 4.78 is 14.4. The predicted molar refractivity (Wildman–Crippen MR) is 174 cm³/mol. The van der Waals surface area contributed by atoms with Gasteiger partial charge in [-0.3, -0.25) is 24.3 Å². The first-order chi connectivity index (χ1) is 22.6. The van der Waals surface area contributed by atoms with Crippen molar-refractivity contribution in [2.75, 3.05) is 37.7 Å². The number of piperazine rings is 1. The molecule has 12 heteroatoms. The van der Waals surface area contributed by atoms with Crippen LogP contribution in [0.15, 0.2) is 79.4 Å². The van der Waals surface area contributed by atoms with Crippen LogP contribution in [0, 0.1) is 11.8 Å². The number of nitrogens with zero attached hydrogens (tertiary/aromatic N) is 6. The molecule has 5 heterocycles. The van der Waals surface area contributed by atoms with Crippen molar-refractivity contribution >= 4 is 29.6 Å². The van der Waals surface area contributed by atoms with Crippen LogP contribution in [0.4, 0.5) is 5.82 Å². The number of carbonyl (C=O) groups excluding carboxylic acids is 2. The molecular formula is C34H33N7O4S. The minimum Gasteiger partial charge on any atom is -0.463 e. The van der Waals surface area contributed by atoms with Crippen LogP contribution in [0.1, 0.15) is 56.8 Å². The molecule has 1 atom stereocenters. The van der Waals surface area contributed by atoms with Crippen LogP contribution in [0.25, 0.3) is 0 Å². The lowest BCUT2D eigenvalue weighted by atomic mass is 10.1. The predicted octanol–water partition coefficient (Wildman–Crippen LogP) is 4.11. The van der Waals surface area contributed by atoms with Gasteiger partial charge in [-0.05, 0) is 54.6 Å². The van der Waals surface area contributed by atoms with Crippen molar-refractivity contribution in [3.63, 3.8) is 0 Å². The molecule has 2 fully saturated rings. The van der Waals surface area contributed by atoms with Crippen LogP contribution < -0.4 is 14.4 Å². The van der Waals surface area contributed by atoms with Gasteiger partial charge in [-0.1, -0.05) is 42.2 Å². The monoisotopic (exact) mass is 635 g/mol. The van der Waals surface area contributed by atoms with E-state index in [1.165, 1.54) is 11.9 Å². The average molecular weight is 636 g/mol. The maximum absolute atomic E-state index is 13.3. The quantitative estimate of drug-likeness (QED) is 0.224. The summed E-state index contributed by atoms with van der Waals surface area (Å²) in [6.07, 6.45) is 9.25. The van der Waals surface area contributed by atoms with Crippen molar-refractivity contribution in [1.29, 1.82) is 0 Å². The van der Waals surface area contributed by atoms with E-state index in [0.29, 0.717) is 66.8 Å². The smallest absolute Gasteiger partial charge is 0.281 e. The Morgan fingerprint density at radius 3 is 2.43 bits per heavy atom. The fraction of sp³-hybridized carbons (Fsp3) is 0.294. The lowest BCUT2D eigenvalue weighted by molar-refractivity contribution is -0.106. The molecule has 2 amide bonds. The lowest BCUT2D eigenvalue weighted by Crippen LogP contribution is -2.49. The van der Waals surface area contributed by atoms with Gasteiger partial charge in [0, 0.05) is 68.1 Å². The van der Waals surface area contributed by atoms with Gasteiger partial charge in [0.05, 0.1) is 18.4 Å². The molecule has 234 valence electrons. The number of benzene rings is 1. The Balaban J connectivity index is 0.993. The molecule has 0 saturated carbocycles. The van der Waals surface area contributed by atoms with E-state index in [2.05, 4.69) is 41.6 Å². The van der Waals surface area contributed by atoms with Crippen LogP contribution in [-0.4, -0.2) is 76.0 Å². The van der Waals surface area contributed by atoms with E-state index in [0.717, 1.165) is 24.8 Å². The van der Waals surface area contributed by atoms with Gasteiger partial charge >= 0.3 is 0 Å². The van der Waals surface area contributed by atoms with Crippen molar-refractivity contribution < 1.29 is 19.1 Å². The van der Waals surface area contributed by atoms with Crippen LogP contribution in [0.2, 0.25) is 0 Å². The van der Waals surface area contributed by atoms with Crippen LogP contribution in [0.3, 0.4) is 0 Å². The summed E-state index contributed by atoms with van der Waals surface area (Å²) in [6, 6.07) is 16.9. The fourth-order valence-corrected chi connectivity index (χ4v) is 5.69. The number of rotatable bonds is 8. The molecule has 11 nitrogen and oxygen atoms in total. The number of anilines is 1. The van der Waals surface area contributed by atoms with E-state index in [9.17, 15) is 9.59 Å². The fourth-order valence-electron chi connectivity index (χ4n) is 5.02. The van der Waals surface area contributed by atoms with Crippen molar-refractivity contribution in [1.82, 2.24) is 29.8 Å². The number of aromatic nitrogens is 4. The molecule has 1 N–H and O–H groups in total. The molecular weight excluding hydrogens is 602 g/mol. The van der Waals surface area contributed by atoms with Gasteiger partial charge in [-0.15, -0.1) is 10.2 Å². The summed E-state index contributed by atoms with van der Waals surface area (Å²) in [5.74, 6) is 7.72. The zero-order chi connectivity index (χ0) is 31.6. The Labute approximate surface area is 271 Å². The molecule has 0 radical (unpaired) electrons. The number of ether oxygens (including phenoxy) is 2. The number of hydrogen-bond donors (Lipinski definition) is 1. The van der Waals surface area contributed by atoms with Crippen molar-refractivity contribution in [2.45, 2.75) is 31.3 Å². The van der Waals surface area contributed by atoms with E-state index < -0.39 is 0 Å². The summed E-state index contributed by atoms with van der Waals surface area (Å²) >= 11 is 1.31. The molecule has 2 aliphatic heterocycles. The highest BCUT2D eigenvalue weighted by Gasteiger charge is 2.24. The molecule has 4 aromatic rings. The summed E-state index contributed by atoms with van der Waals surface area (Å²) in [5.41, 5.74) is 3.17. The number of hydrogen-bond acceptors (Lipinski definition) is 10. The first-order valence-electron chi connectivity index (χ1n) is 15.1. The Morgan fingerprint density at radius 1 is 0.913 bits per heavy atom. The molecule has 2 aliphatic rings. The largest absolute Gasteiger partial charge is 0.463 e. The third kappa shape index (κ3) is 8.38. The minimum absolute atomic E-state index is 0.105. The third-order valence-electron chi connectivity index (χ3n) is 7.48. The van der Waals surface area contributed by atoms with Gasteiger partial charge in [0.15, 0.2) is 17.8 Å². The Morgan fingerprint density at radius 2 is 1.70 bits per heavy atom. The standard InChI is InChI=1S/C34H33N7O4S/c42-33(39-46-24-25-6-2-1-3-7-25)30-11-12-31(38-37-30)40-13-15-41(16-14-40)34(43)28-18-26(20-35-22-28)9-10-27-19-29(23-36-21-27)45-32-8-4-5-17-44-32/h1-3,6-7,11-12,18-23,32H,4-5,8,13-17,24H2,(H,39,42). The molecule has 1 aromatic carbocycles. The van der Waals surface area contributed by atoms with Crippen molar-refractivity contribution in [3.8, 4) is 17.6 Å². The maximum Gasteiger partial charge on any atom is 0.281 e. The SMILES string of the molecule is O=C(NSCc1ccccc1)c1ccc(N2CCN(C(=O)c3cncc(C#Cc4cncc(OC5CCCCO5)c4)c3)CC2)nn1. The first-order valence-corrected chi connectivity index (χ1v) is 16.1. The summed E-state index contributed by atoms with van der Waals surface area (Å²) in [5, 5.41) is 8.39. The highest BCUT2D eigenvalue weighted by molar-refractivity contribution is 7.97. The molecule has 0 bridgehead atoms. The second kappa shape index (κ2) is 15.3. The Bertz CT molecular complexity index is 1700. The maximum atomic E-state index is 13.3. The molecule has 2 saturated heterocycles. The van der Waals surface area contributed by atoms with Gasteiger partial charge < -0.3 is 19.3 Å². The molecule has 6 rings (SSSR count). The van der Waals surface area contributed by atoms with E-state index >= 15 is 0 Å². The Kier molecular flexibility index (Phi) is 10.3.